The van der Waals surface area contributed by atoms with E-state index in [0.717, 1.165) is 0 Å². The summed E-state index contributed by atoms with van der Waals surface area (Å²) in [5, 5.41) is 18.0. The van der Waals surface area contributed by atoms with Gasteiger partial charge in [-0.1, -0.05) is 0 Å². The molecule has 0 bridgehead atoms. The summed E-state index contributed by atoms with van der Waals surface area (Å²) in [6.07, 6.45) is 0. The van der Waals surface area contributed by atoms with Crippen molar-refractivity contribution in [3.05, 3.63) is 0 Å². The maximum absolute atomic E-state index is 9.58. The number of aliphatic carboxylic acids is 1. The Kier molecular flexibility index (Phi) is 11.8. The van der Waals surface area contributed by atoms with Crippen molar-refractivity contribution in [2.45, 2.75) is 0 Å². The van der Waals surface area contributed by atoms with E-state index in [-0.39, 0.29) is 64.7 Å². The minimum Gasteiger partial charge on any atom is -0.480 e. The van der Waals surface area contributed by atoms with E-state index in [9.17, 15) is 4.79 Å². The molecule has 4 nitrogen and oxygen atoms in total. The maximum atomic E-state index is 9.58. The zero-order chi connectivity index (χ0) is 5.70. The smallest absolute Gasteiger partial charge is 0.317 e. The number of aliphatic hydroxyl groups excluding tert-OH is 1. The Morgan fingerprint density at radius 3 is 2.25 bits per heavy atom. The third-order valence-corrected chi connectivity index (χ3v) is 0.388. The van der Waals surface area contributed by atoms with Gasteiger partial charge < -0.3 is 10.2 Å². The van der Waals surface area contributed by atoms with Gasteiger partial charge in [0.25, 0.3) is 0 Å². The molecular formula is C3H7KNO3. The van der Waals surface area contributed by atoms with Gasteiger partial charge in [-0.2, -0.15) is 0 Å². The summed E-state index contributed by atoms with van der Waals surface area (Å²) in [6.45, 7) is -0.469. The van der Waals surface area contributed by atoms with Crippen molar-refractivity contribution in [2.24, 2.45) is 0 Å². The molecule has 0 aromatic heterocycles. The van der Waals surface area contributed by atoms with Crippen molar-refractivity contribution in [2.75, 3.05) is 13.3 Å². The number of hydrogen-bond donors (Lipinski definition) is 3. The van der Waals surface area contributed by atoms with Crippen LogP contribution in [0.15, 0.2) is 0 Å². The van der Waals surface area contributed by atoms with Crippen molar-refractivity contribution in [1.82, 2.24) is 5.32 Å². The molecule has 0 spiro atoms. The SMILES string of the molecule is O=C(O)CNCO.[K]. The largest absolute Gasteiger partial charge is 0.480 e. The van der Waals surface area contributed by atoms with Gasteiger partial charge in [0.1, 0.15) is 0 Å². The van der Waals surface area contributed by atoms with E-state index < -0.39 is 5.97 Å². The van der Waals surface area contributed by atoms with Crippen LogP contribution in [-0.2, 0) is 4.79 Å². The van der Waals surface area contributed by atoms with Gasteiger partial charge in [0.15, 0.2) is 0 Å². The molecule has 1 radical (unpaired) electrons. The van der Waals surface area contributed by atoms with Crippen molar-refractivity contribution < 1.29 is 15.0 Å². The Morgan fingerprint density at radius 1 is 1.62 bits per heavy atom. The molecule has 0 aliphatic heterocycles. The van der Waals surface area contributed by atoms with E-state index in [1.54, 1.807) is 0 Å². The van der Waals surface area contributed by atoms with E-state index >= 15 is 0 Å². The van der Waals surface area contributed by atoms with Crippen molar-refractivity contribution in [3.63, 3.8) is 0 Å². The first-order chi connectivity index (χ1) is 3.27. The first-order valence-corrected chi connectivity index (χ1v) is 1.80. The Labute approximate surface area is 89.7 Å². The van der Waals surface area contributed by atoms with Crippen LogP contribution in [0.2, 0.25) is 0 Å². The molecule has 0 aliphatic carbocycles. The van der Waals surface area contributed by atoms with Crippen molar-refractivity contribution >= 4 is 57.4 Å². The van der Waals surface area contributed by atoms with E-state index in [4.69, 9.17) is 10.2 Å². The summed E-state index contributed by atoms with van der Waals surface area (Å²) < 4.78 is 0. The molecule has 0 saturated carbocycles. The first kappa shape index (κ1) is 11.8. The maximum Gasteiger partial charge on any atom is 0.317 e. The summed E-state index contributed by atoms with van der Waals surface area (Å²) in [5.41, 5.74) is 0. The Hall–Kier alpha value is 1.03. The van der Waals surface area contributed by atoms with E-state index in [2.05, 4.69) is 5.32 Å². The third-order valence-electron chi connectivity index (χ3n) is 0.388. The van der Waals surface area contributed by atoms with Crippen LogP contribution in [0.4, 0.5) is 0 Å². The molecule has 43 valence electrons. The van der Waals surface area contributed by atoms with Crippen LogP contribution < -0.4 is 5.32 Å². The molecule has 0 rings (SSSR count). The van der Waals surface area contributed by atoms with Crippen molar-refractivity contribution in [1.29, 1.82) is 0 Å². The number of carboxylic acids is 1. The Bertz CT molecular complexity index is 67.5. The number of carboxylic acid groups (broad SMARTS) is 1. The predicted molar refractivity (Wildman–Crippen MR) is 28.5 cm³/mol. The molecule has 8 heavy (non-hydrogen) atoms. The molecule has 0 aromatic carbocycles. The summed E-state index contributed by atoms with van der Waals surface area (Å²) >= 11 is 0. The van der Waals surface area contributed by atoms with Crippen LogP contribution in [0.3, 0.4) is 0 Å². The zero-order valence-electron chi connectivity index (χ0n) is 4.72. The average Bonchev–Trinajstić information content (AvgIpc) is 1.61. The van der Waals surface area contributed by atoms with Crippen LogP contribution in [0.25, 0.3) is 0 Å². The second kappa shape index (κ2) is 8.03. The van der Waals surface area contributed by atoms with Crippen LogP contribution in [-0.4, -0.2) is 80.8 Å². The van der Waals surface area contributed by atoms with Gasteiger partial charge in [0.05, 0.1) is 13.3 Å². The van der Waals surface area contributed by atoms with Crippen LogP contribution in [0, 0.1) is 0 Å². The summed E-state index contributed by atoms with van der Waals surface area (Å²) in [6, 6.07) is 0. The minimum absolute atomic E-state index is 0. The standard InChI is InChI=1S/C3H7NO3.K/c5-2-4-1-3(6)7;/h4-5H,1-2H2,(H,6,7);. The van der Waals surface area contributed by atoms with Gasteiger partial charge in [0.2, 0.25) is 0 Å². The summed E-state index contributed by atoms with van der Waals surface area (Å²) in [4.78, 5) is 9.58. The zero-order valence-corrected chi connectivity index (χ0v) is 7.84. The number of rotatable bonds is 3. The van der Waals surface area contributed by atoms with Crippen LogP contribution in [0.5, 0.6) is 0 Å². The number of aliphatic hydroxyl groups is 1. The molecular weight excluding hydrogens is 137 g/mol. The number of carbonyl (C=O) groups is 1. The normalized spacial score (nSPS) is 7.62. The molecule has 0 saturated heterocycles. The molecule has 5 heteroatoms. The minimum atomic E-state index is -0.964. The van der Waals surface area contributed by atoms with E-state index in [1.165, 1.54) is 0 Å². The van der Waals surface area contributed by atoms with Crippen LogP contribution in [0.1, 0.15) is 0 Å². The molecule has 3 N–H and O–H groups in total. The second-order valence-corrected chi connectivity index (χ2v) is 0.979. The van der Waals surface area contributed by atoms with Gasteiger partial charge >= 0.3 is 5.97 Å². The van der Waals surface area contributed by atoms with Gasteiger partial charge in [-0.15, -0.1) is 0 Å². The fourth-order valence-corrected chi connectivity index (χ4v) is 0.163. The fourth-order valence-electron chi connectivity index (χ4n) is 0.163. The third kappa shape index (κ3) is 10.1. The van der Waals surface area contributed by atoms with Gasteiger partial charge in [-0.25, -0.2) is 0 Å². The molecule has 0 atom stereocenters. The molecule has 0 aliphatic rings. The molecule has 0 fully saturated rings. The predicted octanol–water partition coefficient (Wildman–Crippen LogP) is -1.77. The summed E-state index contributed by atoms with van der Waals surface area (Å²) in [7, 11) is 0. The Balaban J connectivity index is 0. The van der Waals surface area contributed by atoms with Crippen molar-refractivity contribution in [3.8, 4) is 0 Å². The quantitative estimate of drug-likeness (QED) is 0.324. The fraction of sp³-hybridized carbons (Fsp3) is 0.667. The number of hydrogen-bond acceptors (Lipinski definition) is 3. The Morgan fingerprint density at radius 2 is 2.12 bits per heavy atom. The monoisotopic (exact) mass is 144 g/mol. The van der Waals surface area contributed by atoms with E-state index in [1.807, 2.05) is 0 Å². The second-order valence-electron chi connectivity index (χ2n) is 0.979. The van der Waals surface area contributed by atoms with Gasteiger partial charge in [0, 0.05) is 51.4 Å². The summed E-state index contributed by atoms with van der Waals surface area (Å²) in [5.74, 6) is -0.964. The molecule has 0 unspecified atom stereocenters. The molecule has 0 amide bonds. The molecule has 0 aromatic rings. The van der Waals surface area contributed by atoms with Gasteiger partial charge in [-0.05, 0) is 0 Å². The number of nitrogens with one attached hydrogen (secondary N) is 1. The van der Waals surface area contributed by atoms with E-state index in [0.29, 0.717) is 0 Å². The average molecular weight is 144 g/mol. The van der Waals surface area contributed by atoms with Gasteiger partial charge in [-0.3, -0.25) is 10.1 Å². The topological polar surface area (TPSA) is 69.6 Å². The molecule has 0 heterocycles. The first-order valence-electron chi connectivity index (χ1n) is 1.80. The van der Waals surface area contributed by atoms with Crippen LogP contribution >= 0.6 is 0 Å².